The number of rotatable bonds is 3. The van der Waals surface area contributed by atoms with E-state index in [1.165, 1.54) is 10.7 Å². The third-order valence-electron chi connectivity index (χ3n) is 3.57. The normalized spacial score (nSPS) is 10.6. The predicted octanol–water partition coefficient (Wildman–Crippen LogP) is 1.43. The molecule has 0 saturated carbocycles. The number of amides is 2. The van der Waals surface area contributed by atoms with Crippen LogP contribution in [0.4, 0.5) is 10.6 Å². The molecule has 8 nitrogen and oxygen atoms in total. The molecule has 8 heteroatoms. The molecule has 3 rings (SSSR count). The Labute approximate surface area is 137 Å². The molecule has 0 aliphatic heterocycles. The maximum atomic E-state index is 11.5. The van der Waals surface area contributed by atoms with Crippen LogP contribution in [0.25, 0.3) is 17.1 Å². The first kappa shape index (κ1) is 15.5. The van der Waals surface area contributed by atoms with Gasteiger partial charge in [-0.25, -0.2) is 14.2 Å². The van der Waals surface area contributed by atoms with E-state index in [-0.39, 0.29) is 5.56 Å². The number of primary amides is 1. The monoisotopic (exact) mass is 324 g/mol. The van der Waals surface area contributed by atoms with Crippen LogP contribution in [0.1, 0.15) is 5.56 Å². The van der Waals surface area contributed by atoms with Crippen molar-refractivity contribution in [3.63, 3.8) is 0 Å². The number of benzene rings is 1. The maximum absolute atomic E-state index is 11.5. The zero-order valence-electron chi connectivity index (χ0n) is 13.2. The predicted molar refractivity (Wildman–Crippen MR) is 90.0 cm³/mol. The lowest BCUT2D eigenvalue weighted by Gasteiger charge is -2.07. The SMILES string of the molecule is Cc1c(-c2ccc(=O)n(C)n2)nn(-c2ccccc2)c1NC(N)=O. The van der Waals surface area contributed by atoms with Gasteiger partial charge in [-0.1, -0.05) is 18.2 Å². The summed E-state index contributed by atoms with van der Waals surface area (Å²) in [5.74, 6) is 0.458. The minimum atomic E-state index is -0.685. The molecule has 0 aliphatic carbocycles. The highest BCUT2D eigenvalue weighted by molar-refractivity contribution is 5.89. The third-order valence-corrected chi connectivity index (χ3v) is 3.57. The quantitative estimate of drug-likeness (QED) is 0.759. The Kier molecular flexibility index (Phi) is 3.87. The molecule has 24 heavy (non-hydrogen) atoms. The summed E-state index contributed by atoms with van der Waals surface area (Å²) >= 11 is 0. The number of carbonyl (C=O) groups excluding carboxylic acids is 1. The van der Waals surface area contributed by atoms with Crippen LogP contribution >= 0.6 is 0 Å². The fourth-order valence-corrected chi connectivity index (χ4v) is 2.39. The van der Waals surface area contributed by atoms with E-state index < -0.39 is 6.03 Å². The van der Waals surface area contributed by atoms with Crippen molar-refractivity contribution in [3.8, 4) is 17.1 Å². The molecule has 0 radical (unpaired) electrons. The van der Waals surface area contributed by atoms with E-state index in [4.69, 9.17) is 5.73 Å². The van der Waals surface area contributed by atoms with Crippen LogP contribution in [0.5, 0.6) is 0 Å². The minimum Gasteiger partial charge on any atom is -0.351 e. The zero-order chi connectivity index (χ0) is 17.3. The van der Waals surface area contributed by atoms with E-state index >= 15 is 0 Å². The molecular formula is C16H16N6O2. The van der Waals surface area contributed by atoms with Crippen LogP contribution in [-0.4, -0.2) is 25.6 Å². The highest BCUT2D eigenvalue weighted by atomic mass is 16.2. The number of nitrogens with zero attached hydrogens (tertiary/aromatic N) is 4. The van der Waals surface area contributed by atoms with Crippen molar-refractivity contribution in [2.45, 2.75) is 6.92 Å². The van der Waals surface area contributed by atoms with E-state index in [9.17, 15) is 9.59 Å². The van der Waals surface area contributed by atoms with E-state index in [2.05, 4.69) is 15.5 Å². The van der Waals surface area contributed by atoms with Gasteiger partial charge in [0.05, 0.1) is 5.69 Å². The van der Waals surface area contributed by atoms with Gasteiger partial charge in [0.15, 0.2) is 0 Å². The molecule has 0 atom stereocenters. The van der Waals surface area contributed by atoms with Gasteiger partial charge in [0.2, 0.25) is 0 Å². The van der Waals surface area contributed by atoms with Crippen molar-refractivity contribution in [1.29, 1.82) is 0 Å². The first-order valence-electron chi connectivity index (χ1n) is 7.23. The van der Waals surface area contributed by atoms with Crippen molar-refractivity contribution in [2.24, 2.45) is 12.8 Å². The lowest BCUT2D eigenvalue weighted by molar-refractivity contribution is 0.259. The summed E-state index contributed by atoms with van der Waals surface area (Å²) in [6, 6.07) is 11.7. The molecule has 3 aromatic rings. The van der Waals surface area contributed by atoms with Crippen LogP contribution in [0, 0.1) is 6.92 Å². The van der Waals surface area contributed by atoms with Gasteiger partial charge in [-0.05, 0) is 25.1 Å². The summed E-state index contributed by atoms with van der Waals surface area (Å²) in [7, 11) is 1.57. The Morgan fingerprint density at radius 2 is 1.83 bits per heavy atom. The van der Waals surface area contributed by atoms with Crippen molar-refractivity contribution < 1.29 is 4.79 Å². The Morgan fingerprint density at radius 3 is 2.46 bits per heavy atom. The number of carbonyl (C=O) groups is 1. The van der Waals surface area contributed by atoms with E-state index in [1.807, 2.05) is 30.3 Å². The number of nitrogens with two attached hydrogens (primary N) is 1. The van der Waals surface area contributed by atoms with Crippen molar-refractivity contribution >= 4 is 11.8 Å². The number of aryl methyl sites for hydroxylation is 1. The second kappa shape index (κ2) is 5.99. The Bertz CT molecular complexity index is 958. The van der Waals surface area contributed by atoms with Crippen LogP contribution in [0.2, 0.25) is 0 Å². The average molecular weight is 324 g/mol. The van der Waals surface area contributed by atoms with Crippen LogP contribution in [0.3, 0.4) is 0 Å². The fourth-order valence-electron chi connectivity index (χ4n) is 2.39. The van der Waals surface area contributed by atoms with Gasteiger partial charge in [-0.2, -0.15) is 10.2 Å². The molecule has 0 bridgehead atoms. The Morgan fingerprint density at radius 1 is 1.12 bits per heavy atom. The summed E-state index contributed by atoms with van der Waals surface area (Å²) in [4.78, 5) is 22.9. The van der Waals surface area contributed by atoms with Gasteiger partial charge in [-0.3, -0.25) is 10.1 Å². The lowest BCUT2D eigenvalue weighted by Crippen LogP contribution is -2.21. The van der Waals surface area contributed by atoms with Crippen molar-refractivity contribution in [2.75, 3.05) is 5.32 Å². The number of hydrogen-bond acceptors (Lipinski definition) is 4. The maximum Gasteiger partial charge on any atom is 0.317 e. The van der Waals surface area contributed by atoms with Gasteiger partial charge in [0.1, 0.15) is 17.2 Å². The number of urea groups is 1. The summed E-state index contributed by atoms with van der Waals surface area (Å²) < 4.78 is 2.82. The summed E-state index contributed by atoms with van der Waals surface area (Å²) in [6.45, 7) is 1.81. The van der Waals surface area contributed by atoms with Crippen LogP contribution in [0.15, 0.2) is 47.3 Å². The standard InChI is InChI=1S/C16H16N6O2/c1-10-14(12-8-9-13(23)21(2)19-12)20-22(15(10)18-16(17)24)11-6-4-3-5-7-11/h3-9H,1-2H3,(H3,17,18,24). The summed E-state index contributed by atoms with van der Waals surface area (Å²) in [5, 5.41) is 11.4. The zero-order valence-corrected chi connectivity index (χ0v) is 13.2. The molecule has 1 aromatic carbocycles. The highest BCUT2D eigenvalue weighted by Gasteiger charge is 2.19. The topological polar surface area (TPSA) is 108 Å². The molecule has 3 N–H and O–H groups in total. The van der Waals surface area contributed by atoms with Crippen molar-refractivity contribution in [3.05, 3.63) is 58.4 Å². The molecule has 0 spiro atoms. The molecule has 2 aromatic heterocycles. The highest BCUT2D eigenvalue weighted by Crippen LogP contribution is 2.28. The number of anilines is 1. The number of aromatic nitrogens is 4. The molecule has 2 amide bonds. The van der Waals surface area contributed by atoms with Crippen LogP contribution < -0.4 is 16.6 Å². The largest absolute Gasteiger partial charge is 0.351 e. The van der Waals surface area contributed by atoms with Crippen LogP contribution in [-0.2, 0) is 7.05 Å². The Hall–Kier alpha value is -3.42. The van der Waals surface area contributed by atoms with Crippen molar-refractivity contribution in [1.82, 2.24) is 19.6 Å². The molecule has 122 valence electrons. The Balaban J connectivity index is 2.21. The first-order chi connectivity index (χ1) is 11.5. The summed E-state index contributed by atoms with van der Waals surface area (Å²) in [5.41, 5.74) is 7.61. The molecule has 0 unspecified atom stereocenters. The minimum absolute atomic E-state index is 0.214. The fraction of sp³-hybridized carbons (Fsp3) is 0.125. The average Bonchev–Trinajstić information content (AvgIpc) is 2.87. The van der Waals surface area contributed by atoms with Gasteiger partial charge in [0, 0.05) is 18.7 Å². The van der Waals surface area contributed by atoms with Gasteiger partial charge >= 0.3 is 6.03 Å². The number of nitrogens with one attached hydrogen (secondary N) is 1. The number of hydrogen-bond donors (Lipinski definition) is 2. The van der Waals surface area contributed by atoms with Gasteiger partial charge in [0.25, 0.3) is 5.56 Å². The second-order valence-corrected chi connectivity index (χ2v) is 5.24. The smallest absolute Gasteiger partial charge is 0.317 e. The number of para-hydroxylation sites is 1. The van der Waals surface area contributed by atoms with E-state index in [0.29, 0.717) is 22.8 Å². The van der Waals surface area contributed by atoms with Gasteiger partial charge in [-0.15, -0.1) is 0 Å². The first-order valence-corrected chi connectivity index (χ1v) is 7.23. The van der Waals surface area contributed by atoms with Gasteiger partial charge < -0.3 is 5.73 Å². The molecule has 2 heterocycles. The van der Waals surface area contributed by atoms with E-state index in [1.54, 1.807) is 24.7 Å². The van der Waals surface area contributed by atoms with E-state index in [0.717, 1.165) is 5.69 Å². The summed E-state index contributed by atoms with van der Waals surface area (Å²) in [6.07, 6.45) is 0. The molecule has 0 fully saturated rings. The lowest BCUT2D eigenvalue weighted by atomic mass is 10.2. The molecule has 0 saturated heterocycles. The molecule has 0 aliphatic rings. The second-order valence-electron chi connectivity index (χ2n) is 5.24. The molecular weight excluding hydrogens is 308 g/mol. The third kappa shape index (κ3) is 2.76.